The number of pyridine rings is 1. The van der Waals surface area contributed by atoms with Crippen molar-refractivity contribution < 1.29 is 0 Å². The van der Waals surface area contributed by atoms with Crippen LogP contribution in [0.25, 0.3) is 22.0 Å². The van der Waals surface area contributed by atoms with E-state index in [2.05, 4.69) is 15.2 Å². The Labute approximate surface area is 103 Å². The maximum Gasteiger partial charge on any atom is 0.0797 e. The van der Waals surface area contributed by atoms with Gasteiger partial charge in [-0.15, -0.1) is 0 Å². The largest absolute Gasteiger partial charge is 0.256 e. The third-order valence-electron chi connectivity index (χ3n) is 2.59. The molecular formula is C13H8ClN3. The zero-order chi connectivity index (χ0) is 11.7. The number of hydrogen-bond acceptors (Lipinski definition) is 3. The summed E-state index contributed by atoms with van der Waals surface area (Å²) in [6, 6.07) is 9.52. The molecular weight excluding hydrogens is 234 g/mol. The van der Waals surface area contributed by atoms with Gasteiger partial charge in [-0.2, -0.15) is 10.2 Å². The summed E-state index contributed by atoms with van der Waals surface area (Å²) in [6.45, 7) is 0. The number of nitrogens with zero attached hydrogens (tertiary/aromatic N) is 3. The number of rotatable bonds is 1. The van der Waals surface area contributed by atoms with Crippen molar-refractivity contribution in [3.05, 3.63) is 53.9 Å². The lowest BCUT2D eigenvalue weighted by Gasteiger charge is -2.04. The first-order valence-electron chi connectivity index (χ1n) is 5.16. The van der Waals surface area contributed by atoms with Crippen LogP contribution in [0.4, 0.5) is 0 Å². The first-order chi connectivity index (χ1) is 8.34. The van der Waals surface area contributed by atoms with Crippen molar-refractivity contribution in [1.82, 2.24) is 15.2 Å². The summed E-state index contributed by atoms with van der Waals surface area (Å²) in [6.07, 6.45) is 5.23. The molecule has 0 unspecified atom stereocenters. The van der Waals surface area contributed by atoms with E-state index >= 15 is 0 Å². The average Bonchev–Trinajstić information content (AvgIpc) is 2.39. The Bertz CT molecular complexity index is 660. The van der Waals surface area contributed by atoms with E-state index in [4.69, 9.17) is 11.6 Å². The van der Waals surface area contributed by atoms with E-state index in [0.29, 0.717) is 5.02 Å². The molecule has 0 saturated heterocycles. The third kappa shape index (κ3) is 1.85. The van der Waals surface area contributed by atoms with Crippen molar-refractivity contribution in [2.24, 2.45) is 0 Å². The van der Waals surface area contributed by atoms with Crippen LogP contribution in [0.1, 0.15) is 0 Å². The van der Waals surface area contributed by atoms with Gasteiger partial charge >= 0.3 is 0 Å². The van der Waals surface area contributed by atoms with Crippen LogP contribution in [0.2, 0.25) is 5.02 Å². The summed E-state index contributed by atoms with van der Waals surface area (Å²) in [5, 5.41) is 10.5. The second-order valence-electron chi connectivity index (χ2n) is 3.66. The molecule has 4 heteroatoms. The molecule has 0 aliphatic carbocycles. The predicted molar refractivity (Wildman–Crippen MR) is 67.8 cm³/mol. The highest BCUT2D eigenvalue weighted by atomic mass is 35.5. The van der Waals surface area contributed by atoms with Crippen LogP contribution < -0.4 is 0 Å². The van der Waals surface area contributed by atoms with E-state index < -0.39 is 0 Å². The van der Waals surface area contributed by atoms with Crippen molar-refractivity contribution in [2.75, 3.05) is 0 Å². The molecule has 0 atom stereocenters. The number of aromatic nitrogens is 3. The maximum absolute atomic E-state index is 5.87. The summed E-state index contributed by atoms with van der Waals surface area (Å²) < 4.78 is 0. The lowest BCUT2D eigenvalue weighted by Crippen LogP contribution is -1.88. The lowest BCUT2D eigenvalue weighted by atomic mass is 10.1. The van der Waals surface area contributed by atoms with E-state index in [0.717, 1.165) is 22.0 Å². The normalized spacial score (nSPS) is 10.6. The second kappa shape index (κ2) is 4.11. The fourth-order valence-electron chi connectivity index (χ4n) is 1.76. The molecule has 0 saturated carbocycles. The maximum atomic E-state index is 5.87. The van der Waals surface area contributed by atoms with E-state index in [1.54, 1.807) is 18.6 Å². The first kappa shape index (κ1) is 10.2. The van der Waals surface area contributed by atoms with Gasteiger partial charge in [0, 0.05) is 27.6 Å². The van der Waals surface area contributed by atoms with Gasteiger partial charge < -0.3 is 0 Å². The number of fused-ring (bicyclic) bond motifs is 1. The van der Waals surface area contributed by atoms with Crippen molar-refractivity contribution in [3.63, 3.8) is 0 Å². The minimum absolute atomic E-state index is 0.716. The lowest BCUT2D eigenvalue weighted by molar-refractivity contribution is 1.05. The molecule has 1 aromatic carbocycles. The highest BCUT2D eigenvalue weighted by Crippen LogP contribution is 2.26. The molecule has 3 aromatic rings. The van der Waals surface area contributed by atoms with Gasteiger partial charge in [0.1, 0.15) is 0 Å². The summed E-state index contributed by atoms with van der Waals surface area (Å²) in [5.74, 6) is 0. The van der Waals surface area contributed by atoms with Crippen molar-refractivity contribution >= 4 is 22.4 Å². The molecule has 0 aliphatic rings. The number of benzene rings is 1. The molecule has 0 N–H and O–H groups in total. The SMILES string of the molecule is Clc1ccc(-c2nccc3cnncc23)cc1. The summed E-state index contributed by atoms with van der Waals surface area (Å²) >= 11 is 5.87. The molecule has 17 heavy (non-hydrogen) atoms. The van der Waals surface area contributed by atoms with E-state index in [1.165, 1.54) is 0 Å². The smallest absolute Gasteiger partial charge is 0.0797 e. The van der Waals surface area contributed by atoms with Crippen molar-refractivity contribution in [1.29, 1.82) is 0 Å². The highest BCUT2D eigenvalue weighted by Gasteiger charge is 2.05. The Hall–Kier alpha value is -2.00. The Morgan fingerprint density at radius 2 is 1.65 bits per heavy atom. The molecule has 3 nitrogen and oxygen atoms in total. The number of halogens is 1. The quantitative estimate of drug-likeness (QED) is 0.656. The van der Waals surface area contributed by atoms with Gasteiger partial charge in [-0.3, -0.25) is 4.98 Å². The van der Waals surface area contributed by atoms with Crippen LogP contribution in [0.15, 0.2) is 48.9 Å². The Kier molecular flexibility index (Phi) is 2.46. The zero-order valence-electron chi connectivity index (χ0n) is 8.84. The highest BCUT2D eigenvalue weighted by molar-refractivity contribution is 6.30. The average molecular weight is 242 g/mol. The van der Waals surface area contributed by atoms with Gasteiger partial charge in [0.2, 0.25) is 0 Å². The van der Waals surface area contributed by atoms with E-state index in [1.807, 2.05) is 30.3 Å². The minimum Gasteiger partial charge on any atom is -0.256 e. The first-order valence-corrected chi connectivity index (χ1v) is 5.54. The Morgan fingerprint density at radius 3 is 2.47 bits per heavy atom. The molecule has 0 amide bonds. The molecule has 0 bridgehead atoms. The zero-order valence-corrected chi connectivity index (χ0v) is 9.59. The monoisotopic (exact) mass is 241 g/mol. The summed E-state index contributed by atoms with van der Waals surface area (Å²) in [5.41, 5.74) is 1.92. The van der Waals surface area contributed by atoms with Crippen molar-refractivity contribution in [2.45, 2.75) is 0 Å². The van der Waals surface area contributed by atoms with E-state index in [9.17, 15) is 0 Å². The molecule has 3 rings (SSSR count). The fourth-order valence-corrected chi connectivity index (χ4v) is 1.89. The van der Waals surface area contributed by atoms with Gasteiger partial charge in [-0.1, -0.05) is 23.7 Å². The molecule has 0 fully saturated rings. The van der Waals surface area contributed by atoms with Gasteiger partial charge in [-0.25, -0.2) is 0 Å². The van der Waals surface area contributed by atoms with Crippen LogP contribution >= 0.6 is 11.6 Å². The topological polar surface area (TPSA) is 38.7 Å². The number of hydrogen-bond donors (Lipinski definition) is 0. The summed E-state index contributed by atoms with van der Waals surface area (Å²) in [4.78, 5) is 4.40. The van der Waals surface area contributed by atoms with Crippen LogP contribution in [-0.2, 0) is 0 Å². The molecule has 82 valence electrons. The van der Waals surface area contributed by atoms with Gasteiger partial charge in [0.05, 0.1) is 18.1 Å². The Balaban J connectivity index is 2.27. The fraction of sp³-hybridized carbons (Fsp3) is 0. The second-order valence-corrected chi connectivity index (χ2v) is 4.09. The third-order valence-corrected chi connectivity index (χ3v) is 2.84. The molecule has 2 aromatic heterocycles. The van der Waals surface area contributed by atoms with Crippen LogP contribution in [0.5, 0.6) is 0 Å². The van der Waals surface area contributed by atoms with Gasteiger partial charge in [-0.05, 0) is 18.2 Å². The Morgan fingerprint density at radius 1 is 0.882 bits per heavy atom. The van der Waals surface area contributed by atoms with Crippen molar-refractivity contribution in [3.8, 4) is 11.3 Å². The van der Waals surface area contributed by atoms with Crippen LogP contribution in [0.3, 0.4) is 0 Å². The minimum atomic E-state index is 0.716. The van der Waals surface area contributed by atoms with Crippen LogP contribution in [-0.4, -0.2) is 15.2 Å². The van der Waals surface area contributed by atoms with Gasteiger partial charge in [0.15, 0.2) is 0 Å². The predicted octanol–water partition coefficient (Wildman–Crippen LogP) is 3.35. The molecule has 0 aliphatic heterocycles. The molecule has 2 heterocycles. The molecule has 0 radical (unpaired) electrons. The standard InChI is InChI=1S/C13H8ClN3/c14-11-3-1-9(2-4-11)13-12-8-17-16-7-10(12)5-6-15-13/h1-8H. The summed E-state index contributed by atoms with van der Waals surface area (Å²) in [7, 11) is 0. The molecule has 0 spiro atoms. The van der Waals surface area contributed by atoms with Crippen LogP contribution in [0, 0.1) is 0 Å². The van der Waals surface area contributed by atoms with E-state index in [-0.39, 0.29) is 0 Å². The van der Waals surface area contributed by atoms with Gasteiger partial charge in [0.25, 0.3) is 0 Å².